The minimum Gasteiger partial charge on any atom is -0.255 e. The van der Waals surface area contributed by atoms with Crippen LogP contribution in [0, 0.1) is 17.1 Å². The van der Waals surface area contributed by atoms with Gasteiger partial charge in [-0.05, 0) is 12.1 Å². The lowest BCUT2D eigenvalue weighted by Gasteiger charge is -2.01. The second-order valence-corrected chi connectivity index (χ2v) is 3.42. The Labute approximate surface area is 96.2 Å². The third-order valence-corrected chi connectivity index (χ3v) is 2.20. The number of nitriles is 1. The van der Waals surface area contributed by atoms with Crippen molar-refractivity contribution >= 4 is 11.6 Å². The topological polar surface area (TPSA) is 49.6 Å². The normalized spacial score (nSPS) is 9.81. The number of hydrogen-bond acceptors (Lipinski definition) is 3. The minimum atomic E-state index is -0.489. The molecular weight excluding hydrogens is 229 g/mol. The van der Waals surface area contributed by atoms with Crippen molar-refractivity contribution in [1.29, 1.82) is 5.26 Å². The molecule has 0 fully saturated rings. The molecule has 0 saturated heterocycles. The Kier molecular flexibility index (Phi) is 2.80. The molecular formula is C11H5ClFN3. The fourth-order valence-electron chi connectivity index (χ4n) is 1.22. The van der Waals surface area contributed by atoms with E-state index in [0.717, 1.165) is 6.07 Å². The first-order chi connectivity index (χ1) is 7.70. The van der Waals surface area contributed by atoms with Crippen molar-refractivity contribution in [2.75, 3.05) is 0 Å². The number of nitrogens with zero attached hydrogens (tertiary/aromatic N) is 3. The molecule has 0 aliphatic carbocycles. The molecule has 0 N–H and O–H groups in total. The number of rotatable bonds is 1. The molecule has 0 atom stereocenters. The van der Waals surface area contributed by atoms with Gasteiger partial charge in [-0.2, -0.15) is 5.26 Å². The van der Waals surface area contributed by atoms with Gasteiger partial charge >= 0.3 is 0 Å². The maximum Gasteiger partial charge on any atom is 0.137 e. The molecule has 0 aliphatic rings. The first kappa shape index (κ1) is 10.5. The molecule has 5 heteroatoms. The Morgan fingerprint density at radius 2 is 2.06 bits per heavy atom. The van der Waals surface area contributed by atoms with Crippen LogP contribution < -0.4 is 0 Å². The van der Waals surface area contributed by atoms with E-state index in [4.69, 9.17) is 16.9 Å². The first-order valence-electron chi connectivity index (χ1n) is 4.38. The highest BCUT2D eigenvalue weighted by Gasteiger charge is 2.07. The highest BCUT2D eigenvalue weighted by Crippen LogP contribution is 2.21. The van der Waals surface area contributed by atoms with Crippen molar-refractivity contribution in [2.24, 2.45) is 0 Å². The Morgan fingerprint density at radius 3 is 2.62 bits per heavy atom. The van der Waals surface area contributed by atoms with Gasteiger partial charge in [0.25, 0.3) is 0 Å². The van der Waals surface area contributed by atoms with E-state index < -0.39 is 5.82 Å². The molecule has 0 unspecified atom stereocenters. The lowest BCUT2D eigenvalue weighted by atomic mass is 10.1. The Balaban J connectivity index is 2.47. The SMILES string of the molecule is N#Cc1ccc(-c2cnc(Cl)cc2F)nc1. The standard InChI is InChI=1S/C11H5ClFN3/c12-11-3-9(13)8(6-16-11)10-2-1-7(4-14)5-15-10/h1-3,5-6H. The monoisotopic (exact) mass is 233 g/mol. The Morgan fingerprint density at radius 1 is 1.25 bits per heavy atom. The molecule has 2 heterocycles. The molecule has 0 bridgehead atoms. The van der Waals surface area contributed by atoms with Gasteiger partial charge < -0.3 is 0 Å². The predicted octanol–water partition coefficient (Wildman–Crippen LogP) is 2.81. The van der Waals surface area contributed by atoms with Gasteiger partial charge in [-0.15, -0.1) is 0 Å². The van der Waals surface area contributed by atoms with Crippen LogP contribution in [0.3, 0.4) is 0 Å². The average Bonchev–Trinajstić information content (AvgIpc) is 2.29. The van der Waals surface area contributed by atoms with Crippen molar-refractivity contribution in [3.8, 4) is 17.3 Å². The lowest BCUT2D eigenvalue weighted by Crippen LogP contribution is -1.90. The van der Waals surface area contributed by atoms with Crippen LogP contribution in [0.5, 0.6) is 0 Å². The number of pyridine rings is 2. The van der Waals surface area contributed by atoms with Crippen LogP contribution in [0.1, 0.15) is 5.56 Å². The second-order valence-electron chi connectivity index (χ2n) is 3.03. The van der Waals surface area contributed by atoms with E-state index in [1.807, 2.05) is 6.07 Å². The fraction of sp³-hybridized carbons (Fsp3) is 0. The van der Waals surface area contributed by atoms with Gasteiger partial charge in [-0.3, -0.25) is 4.98 Å². The summed E-state index contributed by atoms with van der Waals surface area (Å²) in [6.45, 7) is 0. The van der Waals surface area contributed by atoms with Crippen LogP contribution in [-0.2, 0) is 0 Å². The van der Waals surface area contributed by atoms with Crippen molar-refractivity contribution in [2.45, 2.75) is 0 Å². The van der Waals surface area contributed by atoms with Crippen molar-refractivity contribution < 1.29 is 4.39 Å². The third kappa shape index (κ3) is 2.00. The summed E-state index contributed by atoms with van der Waals surface area (Å²) in [5.74, 6) is -0.489. The second kappa shape index (κ2) is 4.25. The molecule has 16 heavy (non-hydrogen) atoms. The van der Waals surface area contributed by atoms with Gasteiger partial charge in [0.15, 0.2) is 0 Å². The zero-order valence-electron chi connectivity index (χ0n) is 7.98. The zero-order chi connectivity index (χ0) is 11.5. The number of aromatic nitrogens is 2. The van der Waals surface area contributed by atoms with E-state index in [-0.39, 0.29) is 10.7 Å². The summed E-state index contributed by atoms with van der Waals surface area (Å²) in [6.07, 6.45) is 2.69. The van der Waals surface area contributed by atoms with E-state index >= 15 is 0 Å². The molecule has 0 aliphatic heterocycles. The van der Waals surface area contributed by atoms with Crippen molar-refractivity contribution in [3.05, 3.63) is 47.1 Å². The molecule has 0 saturated carbocycles. The van der Waals surface area contributed by atoms with E-state index in [1.165, 1.54) is 12.4 Å². The van der Waals surface area contributed by atoms with Crippen LogP contribution in [-0.4, -0.2) is 9.97 Å². The maximum atomic E-state index is 13.5. The van der Waals surface area contributed by atoms with Crippen molar-refractivity contribution in [1.82, 2.24) is 9.97 Å². The van der Waals surface area contributed by atoms with Gasteiger partial charge in [0.05, 0.1) is 16.8 Å². The van der Waals surface area contributed by atoms with Gasteiger partial charge in [0.1, 0.15) is 17.0 Å². The highest BCUT2D eigenvalue weighted by atomic mass is 35.5. The number of hydrogen-bond donors (Lipinski definition) is 0. The summed E-state index contributed by atoms with van der Waals surface area (Å²) >= 11 is 5.54. The lowest BCUT2D eigenvalue weighted by molar-refractivity contribution is 0.628. The number of halogens is 2. The van der Waals surface area contributed by atoms with Gasteiger partial charge in [0.2, 0.25) is 0 Å². The fourth-order valence-corrected chi connectivity index (χ4v) is 1.36. The van der Waals surface area contributed by atoms with Crippen LogP contribution in [0.2, 0.25) is 5.15 Å². The minimum absolute atomic E-state index is 0.0925. The largest absolute Gasteiger partial charge is 0.255 e. The Hall–Kier alpha value is -1.99. The van der Waals surface area contributed by atoms with Crippen LogP contribution in [0.15, 0.2) is 30.6 Å². The highest BCUT2D eigenvalue weighted by molar-refractivity contribution is 6.29. The Bertz CT molecular complexity index is 560. The van der Waals surface area contributed by atoms with E-state index in [0.29, 0.717) is 11.3 Å². The molecule has 2 rings (SSSR count). The van der Waals surface area contributed by atoms with E-state index in [1.54, 1.807) is 12.1 Å². The van der Waals surface area contributed by atoms with Gasteiger partial charge in [-0.25, -0.2) is 9.37 Å². The molecule has 2 aromatic rings. The van der Waals surface area contributed by atoms with Crippen molar-refractivity contribution in [3.63, 3.8) is 0 Å². The van der Waals surface area contributed by atoms with Gasteiger partial charge in [-0.1, -0.05) is 11.6 Å². The summed E-state index contributed by atoms with van der Waals surface area (Å²) in [7, 11) is 0. The predicted molar refractivity (Wildman–Crippen MR) is 57.2 cm³/mol. The summed E-state index contributed by atoms with van der Waals surface area (Å²) in [4.78, 5) is 7.74. The summed E-state index contributed by atoms with van der Waals surface area (Å²) in [6, 6.07) is 6.19. The average molecular weight is 234 g/mol. The molecule has 0 radical (unpaired) electrons. The molecule has 0 aromatic carbocycles. The quantitative estimate of drug-likeness (QED) is 0.712. The van der Waals surface area contributed by atoms with Crippen LogP contribution in [0.4, 0.5) is 4.39 Å². The summed E-state index contributed by atoms with van der Waals surface area (Å²) in [5, 5.41) is 8.69. The molecule has 0 amide bonds. The van der Waals surface area contributed by atoms with E-state index in [2.05, 4.69) is 9.97 Å². The van der Waals surface area contributed by atoms with Crippen LogP contribution in [0.25, 0.3) is 11.3 Å². The van der Waals surface area contributed by atoms with Crippen LogP contribution >= 0.6 is 11.6 Å². The smallest absolute Gasteiger partial charge is 0.137 e. The summed E-state index contributed by atoms with van der Waals surface area (Å²) < 4.78 is 13.5. The molecule has 2 aromatic heterocycles. The maximum absolute atomic E-state index is 13.5. The molecule has 3 nitrogen and oxygen atoms in total. The summed E-state index contributed by atoms with van der Waals surface area (Å²) in [5.41, 5.74) is 1.10. The first-order valence-corrected chi connectivity index (χ1v) is 4.76. The zero-order valence-corrected chi connectivity index (χ0v) is 8.74. The van der Waals surface area contributed by atoms with Gasteiger partial charge in [0, 0.05) is 18.5 Å². The molecule has 78 valence electrons. The van der Waals surface area contributed by atoms with E-state index in [9.17, 15) is 4.39 Å². The molecule has 0 spiro atoms. The third-order valence-electron chi connectivity index (χ3n) is 1.99.